The number of aromatic nitrogens is 2. The van der Waals surface area contributed by atoms with E-state index in [2.05, 4.69) is 19.5 Å². The van der Waals surface area contributed by atoms with Gasteiger partial charge >= 0.3 is 21.7 Å². The Kier molecular flexibility index (Phi) is 6.03. The molecule has 1 amide bonds. The number of rotatable bonds is 4. The van der Waals surface area contributed by atoms with Gasteiger partial charge in [0.25, 0.3) is 0 Å². The van der Waals surface area contributed by atoms with Crippen molar-refractivity contribution in [2.24, 2.45) is 5.41 Å². The van der Waals surface area contributed by atoms with Gasteiger partial charge in [0.15, 0.2) is 0 Å². The number of halogens is 4. The van der Waals surface area contributed by atoms with Crippen LogP contribution in [0.5, 0.6) is 5.88 Å². The molecule has 2 aliphatic heterocycles. The van der Waals surface area contributed by atoms with Crippen molar-refractivity contribution in [3.63, 3.8) is 0 Å². The van der Waals surface area contributed by atoms with Crippen LogP contribution in [0.4, 0.5) is 23.8 Å². The lowest BCUT2D eigenvalue weighted by Crippen LogP contribution is -2.63. The summed E-state index contributed by atoms with van der Waals surface area (Å²) in [5, 5.41) is 13.6. The summed E-state index contributed by atoms with van der Waals surface area (Å²) in [6.07, 6.45) is 1.58. The van der Waals surface area contributed by atoms with Crippen LogP contribution in [0.3, 0.4) is 0 Å². The summed E-state index contributed by atoms with van der Waals surface area (Å²) in [5.41, 5.74) is -6.43. The van der Waals surface area contributed by atoms with E-state index in [1.54, 1.807) is 4.90 Å². The molecular weight excluding hydrogens is 513 g/mol. The lowest BCUT2D eigenvalue weighted by molar-refractivity contribution is -0.0501. The van der Waals surface area contributed by atoms with Gasteiger partial charge in [-0.3, -0.25) is 4.90 Å². The number of nitrogens with zero attached hydrogens (tertiary/aromatic N) is 3. The number of anilines is 1. The number of nitrogens with one attached hydrogen (secondary N) is 1. The first-order valence-electron chi connectivity index (χ1n) is 10.8. The van der Waals surface area contributed by atoms with Gasteiger partial charge in [0.05, 0.1) is 11.1 Å². The number of carboxylic acid groups (broad SMARTS) is 1. The maximum atomic E-state index is 12.7. The molecular formula is C21H24ClF3N4O5S. The van der Waals surface area contributed by atoms with E-state index in [0.29, 0.717) is 24.0 Å². The van der Waals surface area contributed by atoms with Crippen molar-refractivity contribution in [2.75, 3.05) is 5.32 Å². The summed E-state index contributed by atoms with van der Waals surface area (Å²) < 4.78 is 64.7. The Hall–Kier alpha value is -2.54. The van der Waals surface area contributed by atoms with E-state index in [-0.39, 0.29) is 28.2 Å². The molecule has 2 aromatic heterocycles. The van der Waals surface area contributed by atoms with Crippen LogP contribution in [-0.2, 0) is 10.1 Å². The minimum Gasteiger partial charge on any atom is -0.465 e. The van der Waals surface area contributed by atoms with Crippen molar-refractivity contribution in [3.05, 3.63) is 23.4 Å². The number of pyridine rings is 2. The molecule has 0 unspecified atom stereocenters. The fourth-order valence-electron chi connectivity index (χ4n) is 5.33. The second-order valence-corrected chi connectivity index (χ2v) is 11.8. The summed E-state index contributed by atoms with van der Waals surface area (Å²) in [4.78, 5) is 21.8. The third-order valence-electron chi connectivity index (χ3n) is 6.91. The molecule has 0 radical (unpaired) electrons. The number of fused-ring (bicyclic) bond motifs is 3. The average molecular weight is 537 g/mol. The highest BCUT2D eigenvalue weighted by atomic mass is 35.5. The molecule has 9 nitrogen and oxygen atoms in total. The summed E-state index contributed by atoms with van der Waals surface area (Å²) in [6, 6.07) is 3.29. The molecule has 3 atom stereocenters. The molecule has 2 aromatic rings. The minimum absolute atomic E-state index is 0.0141. The smallest absolute Gasteiger partial charge is 0.465 e. The van der Waals surface area contributed by atoms with Gasteiger partial charge in [-0.05, 0) is 37.2 Å². The molecule has 2 fully saturated rings. The number of amides is 1. The minimum atomic E-state index is -5.88. The van der Waals surface area contributed by atoms with Crippen LogP contribution in [0.1, 0.15) is 46.5 Å². The Bertz CT molecular complexity index is 1280. The van der Waals surface area contributed by atoms with Gasteiger partial charge in [0.1, 0.15) is 11.0 Å². The van der Waals surface area contributed by atoms with Crippen molar-refractivity contribution >= 4 is 44.5 Å². The second kappa shape index (κ2) is 8.26. The molecule has 4 heterocycles. The maximum absolute atomic E-state index is 12.7. The summed E-state index contributed by atoms with van der Waals surface area (Å²) in [6.45, 7) is 6.05. The Morgan fingerprint density at radius 2 is 1.97 bits per heavy atom. The highest BCUT2D eigenvalue weighted by molar-refractivity contribution is 7.87. The topological polar surface area (TPSA) is 122 Å². The molecule has 0 saturated carbocycles. The van der Waals surface area contributed by atoms with E-state index in [1.807, 2.05) is 20.8 Å². The summed E-state index contributed by atoms with van der Waals surface area (Å²) in [5.74, 6) is -0.454. The number of carbonyl (C=O) groups is 1. The summed E-state index contributed by atoms with van der Waals surface area (Å²) >= 11 is 6.12. The van der Waals surface area contributed by atoms with Gasteiger partial charge in [-0.2, -0.15) is 21.6 Å². The van der Waals surface area contributed by atoms with Crippen molar-refractivity contribution in [1.82, 2.24) is 14.9 Å². The molecule has 0 aromatic carbocycles. The maximum Gasteiger partial charge on any atom is 0.534 e. The standard InChI is InChI=1S/C21H24ClF3N4O5S/c1-19(2,3)20-7-6-12(29(20)18(30)31)8-11(10-20)26-17-13-4-5-16(27-14(13)9-15(22)28-17)34-35(32,33)21(23,24)25/h4-5,9,11-12H,6-8,10H2,1-3H3,(H,26,28)(H,30,31)/t11-,12-,20+/m0/s1. The molecule has 0 aliphatic carbocycles. The lowest BCUT2D eigenvalue weighted by Gasteiger charge is -2.53. The lowest BCUT2D eigenvalue weighted by atomic mass is 9.67. The van der Waals surface area contributed by atoms with Crippen molar-refractivity contribution in [3.8, 4) is 5.88 Å². The van der Waals surface area contributed by atoms with Crippen LogP contribution in [0, 0.1) is 5.41 Å². The van der Waals surface area contributed by atoms with E-state index in [1.165, 1.54) is 12.1 Å². The van der Waals surface area contributed by atoms with Gasteiger partial charge in [0, 0.05) is 29.6 Å². The van der Waals surface area contributed by atoms with Crippen LogP contribution in [0.2, 0.25) is 5.15 Å². The van der Waals surface area contributed by atoms with Crippen LogP contribution >= 0.6 is 11.6 Å². The molecule has 35 heavy (non-hydrogen) atoms. The highest BCUT2D eigenvalue weighted by Crippen LogP contribution is 2.53. The SMILES string of the molecule is CC(C)(C)[C@@]12CC[C@@H](C[C@H](Nc3nc(Cl)cc4nc(OS(=O)(=O)C(F)(F)F)ccc34)C1)N2C(=O)O. The largest absolute Gasteiger partial charge is 0.534 e. The van der Waals surface area contributed by atoms with Crippen LogP contribution in [-0.4, -0.2) is 57.6 Å². The normalized spacial score (nSPS) is 25.1. The third kappa shape index (κ3) is 4.44. The Labute approximate surface area is 204 Å². The fraction of sp³-hybridized carbons (Fsp3) is 0.571. The van der Waals surface area contributed by atoms with Crippen molar-refractivity contribution in [2.45, 2.75) is 69.6 Å². The van der Waals surface area contributed by atoms with E-state index in [0.717, 1.165) is 18.9 Å². The first kappa shape index (κ1) is 25.5. The van der Waals surface area contributed by atoms with Crippen LogP contribution in [0.15, 0.2) is 18.2 Å². The third-order valence-corrected chi connectivity index (χ3v) is 8.06. The molecule has 2 N–H and O–H groups in total. The van der Waals surface area contributed by atoms with Gasteiger partial charge in [-0.1, -0.05) is 32.4 Å². The Morgan fingerprint density at radius 3 is 2.57 bits per heavy atom. The van der Waals surface area contributed by atoms with E-state index >= 15 is 0 Å². The molecule has 2 aliphatic rings. The first-order chi connectivity index (χ1) is 16.0. The highest BCUT2D eigenvalue weighted by Gasteiger charge is 2.59. The number of alkyl halides is 3. The van der Waals surface area contributed by atoms with E-state index in [9.17, 15) is 31.5 Å². The Morgan fingerprint density at radius 1 is 1.29 bits per heavy atom. The van der Waals surface area contributed by atoms with E-state index < -0.39 is 33.1 Å². The van der Waals surface area contributed by atoms with Gasteiger partial charge < -0.3 is 14.6 Å². The zero-order valence-corrected chi connectivity index (χ0v) is 20.6. The Balaban J connectivity index is 1.66. The van der Waals surface area contributed by atoms with Crippen molar-refractivity contribution in [1.29, 1.82) is 0 Å². The first-order valence-corrected chi connectivity index (χ1v) is 12.6. The monoisotopic (exact) mass is 536 g/mol. The van der Waals surface area contributed by atoms with Crippen molar-refractivity contribution < 1.29 is 35.7 Å². The van der Waals surface area contributed by atoms with Crippen LogP contribution < -0.4 is 9.50 Å². The zero-order chi connectivity index (χ0) is 26.0. The summed E-state index contributed by atoms with van der Waals surface area (Å²) in [7, 11) is -5.88. The van der Waals surface area contributed by atoms with Gasteiger partial charge in [-0.15, -0.1) is 0 Å². The van der Waals surface area contributed by atoms with Gasteiger partial charge in [0.2, 0.25) is 5.88 Å². The molecule has 0 spiro atoms. The molecule has 4 rings (SSSR count). The quantitative estimate of drug-likeness (QED) is 0.317. The van der Waals surface area contributed by atoms with Crippen LogP contribution in [0.25, 0.3) is 10.9 Å². The molecule has 2 saturated heterocycles. The molecule has 2 bridgehead atoms. The number of hydrogen-bond acceptors (Lipinski definition) is 7. The van der Waals surface area contributed by atoms with E-state index in [4.69, 9.17) is 11.6 Å². The molecule has 14 heteroatoms. The fourth-order valence-corrected chi connectivity index (χ4v) is 5.93. The predicted octanol–water partition coefficient (Wildman–Crippen LogP) is 5.01. The number of hydrogen-bond donors (Lipinski definition) is 2. The second-order valence-electron chi connectivity index (χ2n) is 9.90. The predicted molar refractivity (Wildman–Crippen MR) is 122 cm³/mol. The average Bonchev–Trinajstić information content (AvgIpc) is 2.95. The number of piperidine rings is 1. The molecule has 192 valence electrons. The van der Waals surface area contributed by atoms with Gasteiger partial charge in [-0.25, -0.2) is 14.8 Å². The zero-order valence-electron chi connectivity index (χ0n) is 19.1.